The molecule has 22 heavy (non-hydrogen) atoms. The van der Waals surface area contributed by atoms with Crippen LogP contribution in [0.2, 0.25) is 0 Å². The molecule has 2 rings (SSSR count). The maximum Gasteiger partial charge on any atom is 0.283 e. The lowest BCUT2D eigenvalue weighted by Gasteiger charge is -2.45. The van der Waals surface area contributed by atoms with Crippen LogP contribution in [0.5, 0.6) is 0 Å². The summed E-state index contributed by atoms with van der Waals surface area (Å²) in [6.45, 7) is 11.5. The summed E-state index contributed by atoms with van der Waals surface area (Å²) in [6.07, 6.45) is 0.838. The normalized spacial score (nSPS) is 22.0. The number of hydrogen-bond donors (Lipinski definition) is 0. The van der Waals surface area contributed by atoms with Crippen LogP contribution in [-0.4, -0.2) is 9.85 Å². The Kier molecular flexibility index (Phi) is 3.55. The second-order valence-electron chi connectivity index (χ2n) is 7.52. The van der Waals surface area contributed by atoms with Gasteiger partial charge >= 0.3 is 0 Å². The van der Waals surface area contributed by atoms with Crippen LogP contribution in [0.25, 0.3) is 0 Å². The van der Waals surface area contributed by atoms with Gasteiger partial charge in [0.2, 0.25) is 0 Å². The van der Waals surface area contributed by atoms with Crippen molar-refractivity contribution < 1.29 is 9.85 Å². The predicted octanol–water partition coefficient (Wildman–Crippen LogP) is 4.41. The Bertz CT molecular complexity index is 677. The van der Waals surface area contributed by atoms with Crippen LogP contribution in [0.3, 0.4) is 0 Å². The van der Waals surface area contributed by atoms with Crippen molar-refractivity contribution in [2.45, 2.75) is 58.8 Å². The second kappa shape index (κ2) is 4.76. The van der Waals surface area contributed by atoms with Crippen LogP contribution in [0.1, 0.15) is 57.7 Å². The number of nitro groups is 2. The lowest BCUT2D eigenvalue weighted by Crippen LogP contribution is -2.41. The highest BCUT2D eigenvalue weighted by molar-refractivity contribution is 5.65. The zero-order valence-electron chi connectivity index (χ0n) is 13.9. The molecule has 0 N–H and O–H groups in total. The minimum Gasteiger partial charge on any atom is -0.258 e. The number of hydrogen-bond acceptors (Lipinski definition) is 4. The van der Waals surface area contributed by atoms with Gasteiger partial charge in [0, 0.05) is 11.6 Å². The molecule has 0 spiro atoms. The number of benzene rings is 1. The SMILES string of the molecule is Cc1c([N+](=O)[O-])cc2c(c1[N+](=O)[O-])C(C)(C)[C@@H](C)CC2(C)C. The Balaban J connectivity index is 3.00. The maximum atomic E-state index is 11.7. The topological polar surface area (TPSA) is 86.3 Å². The molecule has 6 heteroatoms. The molecule has 1 aliphatic rings. The summed E-state index contributed by atoms with van der Waals surface area (Å²) < 4.78 is 0. The largest absolute Gasteiger partial charge is 0.283 e. The molecule has 1 aromatic rings. The fraction of sp³-hybridized carbons (Fsp3) is 0.625. The number of rotatable bonds is 2. The first kappa shape index (κ1) is 16.4. The number of fused-ring (bicyclic) bond motifs is 1. The van der Waals surface area contributed by atoms with Gasteiger partial charge in [-0.2, -0.15) is 0 Å². The molecule has 0 unspecified atom stereocenters. The standard InChI is InChI=1S/C16H22N2O4/c1-9-8-15(3,4)11-7-12(17(19)20)10(2)14(18(21)22)13(11)16(9,5)6/h7,9H,8H2,1-6H3/t9-/m0/s1. The highest BCUT2D eigenvalue weighted by Crippen LogP contribution is 2.54. The van der Waals surface area contributed by atoms with Crippen molar-refractivity contribution in [2.24, 2.45) is 5.92 Å². The van der Waals surface area contributed by atoms with Gasteiger partial charge in [-0.3, -0.25) is 20.2 Å². The summed E-state index contributed by atoms with van der Waals surface area (Å²) in [7, 11) is 0. The van der Waals surface area contributed by atoms with E-state index in [2.05, 4.69) is 6.92 Å². The minimum atomic E-state index is -0.524. The van der Waals surface area contributed by atoms with Gasteiger partial charge in [0.15, 0.2) is 0 Å². The van der Waals surface area contributed by atoms with Crippen molar-refractivity contribution in [3.8, 4) is 0 Å². The molecule has 1 atom stereocenters. The van der Waals surface area contributed by atoms with Crippen LogP contribution in [0, 0.1) is 33.1 Å². The summed E-state index contributed by atoms with van der Waals surface area (Å²) in [5.41, 5.74) is 0.564. The monoisotopic (exact) mass is 306 g/mol. The molecule has 120 valence electrons. The zero-order valence-corrected chi connectivity index (χ0v) is 13.9. The molecular formula is C16H22N2O4. The van der Waals surface area contributed by atoms with Crippen molar-refractivity contribution >= 4 is 11.4 Å². The van der Waals surface area contributed by atoms with Crippen molar-refractivity contribution in [1.29, 1.82) is 0 Å². The van der Waals surface area contributed by atoms with Gasteiger partial charge in [0.05, 0.1) is 9.85 Å². The highest BCUT2D eigenvalue weighted by atomic mass is 16.6. The molecule has 0 saturated carbocycles. The van der Waals surface area contributed by atoms with E-state index in [1.165, 1.54) is 6.92 Å². The van der Waals surface area contributed by atoms with E-state index < -0.39 is 15.3 Å². The van der Waals surface area contributed by atoms with Gasteiger partial charge in [0.25, 0.3) is 11.4 Å². The first-order valence-corrected chi connectivity index (χ1v) is 7.38. The summed E-state index contributed by atoms with van der Waals surface area (Å²) in [5.74, 6) is 0.245. The first-order valence-electron chi connectivity index (χ1n) is 7.38. The Labute approximate surface area is 129 Å². The Hall–Kier alpha value is -1.98. The lowest BCUT2D eigenvalue weighted by atomic mass is 9.57. The average molecular weight is 306 g/mol. The average Bonchev–Trinajstić information content (AvgIpc) is 2.34. The molecule has 0 amide bonds. The van der Waals surface area contributed by atoms with E-state index in [-0.39, 0.29) is 28.3 Å². The lowest BCUT2D eigenvalue weighted by molar-refractivity contribution is -0.396. The first-order chi connectivity index (χ1) is 9.91. The summed E-state index contributed by atoms with van der Waals surface area (Å²) in [4.78, 5) is 22.0. The zero-order chi connectivity index (χ0) is 17.0. The fourth-order valence-corrected chi connectivity index (χ4v) is 3.73. The van der Waals surface area contributed by atoms with Crippen LogP contribution < -0.4 is 0 Å². The summed E-state index contributed by atoms with van der Waals surface area (Å²) in [6, 6.07) is 1.55. The molecule has 0 heterocycles. The molecule has 0 radical (unpaired) electrons. The molecule has 1 aromatic carbocycles. The van der Waals surface area contributed by atoms with Gasteiger partial charge in [-0.25, -0.2) is 0 Å². The Morgan fingerprint density at radius 1 is 1.14 bits per heavy atom. The van der Waals surface area contributed by atoms with Crippen molar-refractivity contribution in [3.05, 3.63) is 43.0 Å². The second-order valence-corrected chi connectivity index (χ2v) is 7.52. The van der Waals surface area contributed by atoms with Crippen LogP contribution in [-0.2, 0) is 10.8 Å². The smallest absolute Gasteiger partial charge is 0.258 e. The van der Waals surface area contributed by atoms with E-state index in [9.17, 15) is 20.2 Å². The van der Waals surface area contributed by atoms with Gasteiger partial charge in [-0.15, -0.1) is 0 Å². The van der Waals surface area contributed by atoms with Gasteiger partial charge in [-0.05, 0) is 35.7 Å². The molecule has 0 aromatic heterocycles. The maximum absolute atomic E-state index is 11.7. The van der Waals surface area contributed by atoms with Gasteiger partial charge < -0.3 is 0 Å². The van der Waals surface area contributed by atoms with E-state index >= 15 is 0 Å². The van der Waals surface area contributed by atoms with E-state index in [4.69, 9.17) is 0 Å². The van der Waals surface area contributed by atoms with E-state index in [1.807, 2.05) is 27.7 Å². The van der Waals surface area contributed by atoms with Crippen LogP contribution in [0.15, 0.2) is 6.07 Å². The van der Waals surface area contributed by atoms with Crippen LogP contribution in [0.4, 0.5) is 11.4 Å². The van der Waals surface area contributed by atoms with E-state index in [0.717, 1.165) is 12.0 Å². The highest BCUT2D eigenvalue weighted by Gasteiger charge is 2.48. The number of nitrogens with zero attached hydrogens (tertiary/aromatic N) is 2. The minimum absolute atomic E-state index is 0.0891. The van der Waals surface area contributed by atoms with Crippen molar-refractivity contribution in [1.82, 2.24) is 0 Å². The quantitative estimate of drug-likeness (QED) is 0.598. The molecule has 0 saturated heterocycles. The Morgan fingerprint density at radius 3 is 2.14 bits per heavy atom. The third-order valence-corrected chi connectivity index (χ3v) is 5.33. The molecule has 0 aliphatic heterocycles. The van der Waals surface area contributed by atoms with Gasteiger partial charge in [0.1, 0.15) is 5.56 Å². The van der Waals surface area contributed by atoms with Crippen molar-refractivity contribution in [3.63, 3.8) is 0 Å². The fourth-order valence-electron chi connectivity index (χ4n) is 3.73. The third-order valence-electron chi connectivity index (χ3n) is 5.33. The Morgan fingerprint density at radius 2 is 1.68 bits per heavy atom. The van der Waals surface area contributed by atoms with Crippen LogP contribution >= 0.6 is 0 Å². The summed E-state index contributed by atoms with van der Waals surface area (Å²) >= 11 is 0. The predicted molar refractivity (Wildman–Crippen MR) is 84.3 cm³/mol. The molecule has 0 fully saturated rings. The molecule has 1 aliphatic carbocycles. The molecule has 6 nitrogen and oxygen atoms in total. The summed E-state index contributed by atoms with van der Waals surface area (Å²) in [5, 5.41) is 23.0. The molecule has 0 bridgehead atoms. The van der Waals surface area contributed by atoms with E-state index in [1.54, 1.807) is 6.07 Å². The third kappa shape index (κ3) is 2.17. The van der Waals surface area contributed by atoms with E-state index in [0.29, 0.717) is 5.56 Å². The number of nitro benzene ring substituents is 2. The van der Waals surface area contributed by atoms with Gasteiger partial charge in [-0.1, -0.05) is 34.6 Å². The van der Waals surface area contributed by atoms with Crippen molar-refractivity contribution in [2.75, 3.05) is 0 Å². The molecular weight excluding hydrogens is 284 g/mol.